The van der Waals surface area contributed by atoms with E-state index in [0.29, 0.717) is 24.3 Å². The molecule has 0 bridgehead atoms. The van der Waals surface area contributed by atoms with E-state index >= 15 is 0 Å². The van der Waals surface area contributed by atoms with Gasteiger partial charge in [0.25, 0.3) is 0 Å². The van der Waals surface area contributed by atoms with Crippen LogP contribution in [-0.4, -0.2) is 52.4 Å². The zero-order valence-electron chi connectivity index (χ0n) is 11.4. The predicted molar refractivity (Wildman–Crippen MR) is 71.2 cm³/mol. The number of aliphatic hydroxyl groups excluding tert-OH is 1. The molecule has 0 radical (unpaired) electrons. The number of rotatable bonds is 6. The molecule has 1 saturated heterocycles. The van der Waals surface area contributed by atoms with Crippen molar-refractivity contribution >= 4 is 11.9 Å². The fraction of sp³-hybridized carbons (Fsp3) is 0.769. The maximum atomic E-state index is 11.9. The summed E-state index contributed by atoms with van der Waals surface area (Å²) in [6, 6.07) is 0.197. The minimum absolute atomic E-state index is 0.124. The smallest absolute Gasteiger partial charge is 0.322 e. The third-order valence-corrected chi connectivity index (χ3v) is 3.89. The van der Waals surface area contributed by atoms with Crippen LogP contribution in [0.3, 0.4) is 0 Å². The Hall–Kier alpha value is -1.47. The van der Waals surface area contributed by atoms with Gasteiger partial charge in [0.1, 0.15) is 0 Å². The summed E-state index contributed by atoms with van der Waals surface area (Å²) in [5.74, 6) is 1.40. The second-order valence-corrected chi connectivity index (χ2v) is 5.67. The number of amides is 1. The Kier molecular flexibility index (Phi) is 3.98. The lowest BCUT2D eigenvalue weighted by Gasteiger charge is -2.14. The van der Waals surface area contributed by atoms with Gasteiger partial charge in [0, 0.05) is 19.1 Å². The van der Waals surface area contributed by atoms with Gasteiger partial charge in [0.05, 0.1) is 6.54 Å². The fourth-order valence-electron chi connectivity index (χ4n) is 2.62. The molecule has 3 rings (SSSR count). The molecule has 1 unspecified atom stereocenters. The van der Waals surface area contributed by atoms with E-state index in [4.69, 9.17) is 9.52 Å². The van der Waals surface area contributed by atoms with Crippen LogP contribution in [0.2, 0.25) is 0 Å². The van der Waals surface area contributed by atoms with Crippen molar-refractivity contribution in [2.45, 2.75) is 31.6 Å². The number of hydrogen-bond acceptors (Lipinski definition) is 6. The lowest BCUT2D eigenvalue weighted by atomic mass is 10.1. The standard InChI is InChI=1S/C13H20N4O3/c18-6-4-9-3-5-17(7-9)8-11(19)14-13-16-15-12(20-13)10-1-2-10/h9-10,18H,1-8H2,(H,14,16,19). The maximum absolute atomic E-state index is 11.9. The Morgan fingerprint density at radius 3 is 3.00 bits per heavy atom. The highest BCUT2D eigenvalue weighted by atomic mass is 16.4. The molecule has 0 aromatic carbocycles. The van der Waals surface area contributed by atoms with E-state index in [2.05, 4.69) is 20.4 Å². The van der Waals surface area contributed by atoms with Crippen LogP contribution in [-0.2, 0) is 4.79 Å². The quantitative estimate of drug-likeness (QED) is 0.792. The van der Waals surface area contributed by atoms with E-state index in [1.807, 2.05) is 0 Å². The molecule has 2 heterocycles. The second kappa shape index (κ2) is 5.88. The minimum atomic E-state index is -0.124. The first-order chi connectivity index (χ1) is 9.74. The van der Waals surface area contributed by atoms with Crippen LogP contribution in [0.15, 0.2) is 4.42 Å². The third-order valence-electron chi connectivity index (χ3n) is 3.89. The molecule has 1 aliphatic carbocycles. The monoisotopic (exact) mass is 280 g/mol. The number of carbonyl (C=O) groups excluding carboxylic acids is 1. The molecule has 7 nitrogen and oxygen atoms in total. The summed E-state index contributed by atoms with van der Waals surface area (Å²) in [5.41, 5.74) is 0. The Bertz CT molecular complexity index is 472. The van der Waals surface area contributed by atoms with Crippen molar-refractivity contribution in [2.24, 2.45) is 5.92 Å². The van der Waals surface area contributed by atoms with Gasteiger partial charge < -0.3 is 9.52 Å². The zero-order valence-corrected chi connectivity index (χ0v) is 11.4. The van der Waals surface area contributed by atoms with Crippen molar-refractivity contribution in [1.82, 2.24) is 15.1 Å². The molecule has 0 spiro atoms. The SMILES string of the molecule is O=C(CN1CCC(CCO)C1)Nc1nnc(C2CC2)o1. The Morgan fingerprint density at radius 1 is 1.40 bits per heavy atom. The van der Waals surface area contributed by atoms with Gasteiger partial charge >= 0.3 is 6.01 Å². The summed E-state index contributed by atoms with van der Waals surface area (Å²) >= 11 is 0. The second-order valence-electron chi connectivity index (χ2n) is 5.67. The molecule has 2 fully saturated rings. The van der Waals surface area contributed by atoms with E-state index in [0.717, 1.165) is 38.8 Å². The molecular weight excluding hydrogens is 260 g/mol. The molecule has 1 aliphatic heterocycles. The van der Waals surface area contributed by atoms with Crippen molar-refractivity contribution in [3.05, 3.63) is 5.89 Å². The van der Waals surface area contributed by atoms with Crippen LogP contribution in [0.25, 0.3) is 0 Å². The van der Waals surface area contributed by atoms with Crippen LogP contribution in [0.4, 0.5) is 6.01 Å². The summed E-state index contributed by atoms with van der Waals surface area (Å²) in [5, 5.41) is 19.3. The zero-order chi connectivity index (χ0) is 13.9. The number of likely N-dealkylation sites (tertiary alicyclic amines) is 1. The maximum Gasteiger partial charge on any atom is 0.322 e. The van der Waals surface area contributed by atoms with Gasteiger partial charge in [-0.2, -0.15) is 0 Å². The Labute approximate surface area is 117 Å². The van der Waals surface area contributed by atoms with Gasteiger partial charge in [-0.1, -0.05) is 5.10 Å². The average Bonchev–Trinajstić information content (AvgIpc) is 3.02. The molecule has 1 aromatic rings. The molecule has 1 amide bonds. The highest BCUT2D eigenvalue weighted by Crippen LogP contribution is 2.39. The molecule has 1 aromatic heterocycles. The van der Waals surface area contributed by atoms with Crippen molar-refractivity contribution in [3.63, 3.8) is 0 Å². The van der Waals surface area contributed by atoms with E-state index in [-0.39, 0.29) is 18.5 Å². The largest absolute Gasteiger partial charge is 0.408 e. The van der Waals surface area contributed by atoms with Gasteiger partial charge in [-0.05, 0) is 38.1 Å². The molecule has 2 aliphatic rings. The summed E-state index contributed by atoms with van der Waals surface area (Å²) in [7, 11) is 0. The number of aliphatic hydroxyl groups is 1. The van der Waals surface area contributed by atoms with Gasteiger partial charge in [-0.3, -0.25) is 15.0 Å². The summed E-state index contributed by atoms with van der Waals surface area (Å²) in [6.45, 7) is 2.32. The van der Waals surface area contributed by atoms with Crippen LogP contribution in [0.5, 0.6) is 0 Å². The average molecular weight is 280 g/mol. The summed E-state index contributed by atoms with van der Waals surface area (Å²) in [6.07, 6.45) is 4.04. The van der Waals surface area contributed by atoms with Crippen molar-refractivity contribution in [1.29, 1.82) is 0 Å². The molecule has 1 atom stereocenters. The number of nitrogens with one attached hydrogen (secondary N) is 1. The van der Waals surface area contributed by atoms with Crippen LogP contribution >= 0.6 is 0 Å². The van der Waals surface area contributed by atoms with Gasteiger partial charge in [-0.15, -0.1) is 5.10 Å². The Morgan fingerprint density at radius 2 is 2.25 bits per heavy atom. The van der Waals surface area contributed by atoms with Crippen molar-refractivity contribution < 1.29 is 14.3 Å². The topological polar surface area (TPSA) is 91.5 Å². The number of aromatic nitrogens is 2. The highest BCUT2D eigenvalue weighted by Gasteiger charge is 2.30. The van der Waals surface area contributed by atoms with Gasteiger partial charge in [0.2, 0.25) is 11.8 Å². The lowest BCUT2D eigenvalue weighted by molar-refractivity contribution is -0.117. The first kappa shape index (κ1) is 13.5. The molecule has 2 N–H and O–H groups in total. The molecular formula is C13H20N4O3. The number of nitrogens with zero attached hydrogens (tertiary/aromatic N) is 3. The summed E-state index contributed by atoms with van der Waals surface area (Å²) in [4.78, 5) is 14.0. The van der Waals surface area contributed by atoms with Crippen LogP contribution in [0, 0.1) is 5.92 Å². The molecule has 7 heteroatoms. The number of carbonyl (C=O) groups is 1. The summed E-state index contributed by atoms with van der Waals surface area (Å²) < 4.78 is 5.40. The number of anilines is 1. The molecule has 20 heavy (non-hydrogen) atoms. The van der Waals surface area contributed by atoms with Crippen molar-refractivity contribution in [3.8, 4) is 0 Å². The lowest BCUT2D eigenvalue weighted by Crippen LogP contribution is -2.31. The predicted octanol–water partition coefficient (Wildman–Crippen LogP) is 0.590. The van der Waals surface area contributed by atoms with Crippen LogP contribution < -0.4 is 5.32 Å². The molecule has 110 valence electrons. The van der Waals surface area contributed by atoms with E-state index in [9.17, 15) is 4.79 Å². The first-order valence-electron chi connectivity index (χ1n) is 7.21. The van der Waals surface area contributed by atoms with E-state index in [1.165, 1.54) is 0 Å². The Balaban J connectivity index is 1.44. The first-order valence-corrected chi connectivity index (χ1v) is 7.21. The molecule has 1 saturated carbocycles. The highest BCUT2D eigenvalue weighted by molar-refractivity contribution is 5.90. The fourth-order valence-corrected chi connectivity index (χ4v) is 2.62. The van der Waals surface area contributed by atoms with Crippen LogP contribution in [0.1, 0.15) is 37.5 Å². The number of hydrogen-bond donors (Lipinski definition) is 2. The van der Waals surface area contributed by atoms with Gasteiger partial charge in [0.15, 0.2) is 0 Å². The van der Waals surface area contributed by atoms with E-state index in [1.54, 1.807) is 0 Å². The normalized spacial score (nSPS) is 23.1. The van der Waals surface area contributed by atoms with Crippen molar-refractivity contribution in [2.75, 3.05) is 31.6 Å². The minimum Gasteiger partial charge on any atom is -0.408 e. The van der Waals surface area contributed by atoms with E-state index < -0.39 is 0 Å². The third kappa shape index (κ3) is 3.34. The van der Waals surface area contributed by atoms with Gasteiger partial charge in [-0.25, -0.2) is 0 Å².